The van der Waals surface area contributed by atoms with Crippen molar-refractivity contribution in [2.45, 2.75) is 20.3 Å². The number of benzene rings is 3. The second kappa shape index (κ2) is 10.8. The Morgan fingerprint density at radius 3 is 2.32 bits per heavy atom. The maximum absolute atomic E-state index is 14.0. The molecule has 1 saturated heterocycles. The summed E-state index contributed by atoms with van der Waals surface area (Å²) in [5.74, 6) is 1.03. The van der Waals surface area contributed by atoms with E-state index in [1.165, 1.54) is 17.7 Å². The summed E-state index contributed by atoms with van der Waals surface area (Å²) in [5.41, 5.74) is 5.67. The number of carbonyl (C=O) groups excluding carboxylic acids is 1. The van der Waals surface area contributed by atoms with E-state index in [2.05, 4.69) is 22.3 Å². The van der Waals surface area contributed by atoms with Crippen molar-refractivity contribution >= 4 is 17.5 Å². The van der Waals surface area contributed by atoms with Crippen LogP contribution in [0.2, 0.25) is 0 Å². The highest BCUT2D eigenvalue weighted by Crippen LogP contribution is 2.28. The molecule has 0 saturated carbocycles. The third kappa shape index (κ3) is 5.77. The van der Waals surface area contributed by atoms with E-state index in [0.29, 0.717) is 44.0 Å². The molecule has 0 unspecified atom stereocenters. The molecule has 3 aromatic carbocycles. The molecule has 7 heteroatoms. The zero-order valence-corrected chi connectivity index (χ0v) is 21.1. The molecule has 2 heterocycles. The summed E-state index contributed by atoms with van der Waals surface area (Å²) in [4.78, 5) is 26.6. The van der Waals surface area contributed by atoms with E-state index in [9.17, 15) is 9.18 Å². The molecule has 6 nitrogen and oxygen atoms in total. The van der Waals surface area contributed by atoms with Gasteiger partial charge in [0.2, 0.25) is 0 Å². The van der Waals surface area contributed by atoms with Crippen molar-refractivity contribution in [2.75, 3.05) is 36.4 Å². The van der Waals surface area contributed by atoms with Crippen molar-refractivity contribution in [1.82, 2.24) is 14.9 Å². The molecule has 1 N–H and O–H groups in total. The number of rotatable bonds is 5. The van der Waals surface area contributed by atoms with Crippen LogP contribution in [0.3, 0.4) is 0 Å². The van der Waals surface area contributed by atoms with Gasteiger partial charge < -0.3 is 15.1 Å². The van der Waals surface area contributed by atoms with Crippen molar-refractivity contribution in [1.29, 1.82) is 0 Å². The minimum atomic E-state index is -0.318. The van der Waals surface area contributed by atoms with Crippen LogP contribution >= 0.6 is 0 Å². The fourth-order valence-corrected chi connectivity index (χ4v) is 4.57. The van der Waals surface area contributed by atoms with Gasteiger partial charge in [-0.05, 0) is 43.7 Å². The Morgan fingerprint density at radius 1 is 0.892 bits per heavy atom. The van der Waals surface area contributed by atoms with E-state index in [1.807, 2.05) is 67.3 Å². The second-order valence-corrected chi connectivity index (χ2v) is 9.38. The lowest BCUT2D eigenvalue weighted by molar-refractivity contribution is 0.208. The number of halogens is 1. The lowest BCUT2D eigenvalue weighted by Crippen LogP contribution is -2.50. The zero-order valence-electron chi connectivity index (χ0n) is 21.1. The lowest BCUT2D eigenvalue weighted by atomic mass is 10.0. The Balaban J connectivity index is 1.39. The molecule has 4 aromatic rings. The highest BCUT2D eigenvalue weighted by Gasteiger charge is 2.25. The standard InChI is InChI=1S/C30H30FN5O/c1-21-11-13-26(14-12-21)33-30(37)36-17-15-35(16-18-36)29-27(19-23-7-4-3-5-8-23)22(2)32-28(34-29)24-9-6-10-25(31)20-24/h3-14,20H,15-19H2,1-2H3,(H,33,37). The maximum Gasteiger partial charge on any atom is 0.321 e. The van der Waals surface area contributed by atoms with Gasteiger partial charge in [0.05, 0.1) is 0 Å². The van der Waals surface area contributed by atoms with Crippen molar-refractivity contribution in [3.8, 4) is 11.4 Å². The molecule has 1 aliphatic heterocycles. The molecule has 0 atom stereocenters. The number of aryl methyl sites for hydroxylation is 2. The third-order valence-corrected chi connectivity index (χ3v) is 6.67. The largest absolute Gasteiger partial charge is 0.353 e. The average molecular weight is 496 g/mol. The monoisotopic (exact) mass is 495 g/mol. The van der Waals surface area contributed by atoms with Gasteiger partial charge in [-0.1, -0.05) is 60.2 Å². The first-order valence-corrected chi connectivity index (χ1v) is 12.5. The van der Waals surface area contributed by atoms with Gasteiger partial charge in [0.25, 0.3) is 0 Å². The lowest BCUT2D eigenvalue weighted by Gasteiger charge is -2.36. The summed E-state index contributed by atoms with van der Waals surface area (Å²) in [5, 5.41) is 2.99. The van der Waals surface area contributed by atoms with Crippen molar-refractivity contribution in [2.24, 2.45) is 0 Å². The van der Waals surface area contributed by atoms with Crippen molar-refractivity contribution < 1.29 is 9.18 Å². The van der Waals surface area contributed by atoms with Crippen LogP contribution in [-0.4, -0.2) is 47.1 Å². The van der Waals surface area contributed by atoms with Gasteiger partial charge in [0.1, 0.15) is 11.6 Å². The molecule has 0 spiro atoms. The first-order valence-electron chi connectivity index (χ1n) is 12.5. The highest BCUT2D eigenvalue weighted by molar-refractivity contribution is 5.89. The summed E-state index contributed by atoms with van der Waals surface area (Å²) < 4.78 is 14.0. The number of anilines is 2. The fraction of sp³-hybridized carbons (Fsp3) is 0.233. The number of amides is 2. The number of hydrogen-bond donors (Lipinski definition) is 1. The number of urea groups is 1. The van der Waals surface area contributed by atoms with E-state index in [1.54, 1.807) is 6.07 Å². The summed E-state index contributed by atoms with van der Waals surface area (Å²) >= 11 is 0. The molecule has 0 bridgehead atoms. The Hall–Kier alpha value is -4.26. The van der Waals surface area contributed by atoms with E-state index < -0.39 is 0 Å². The number of aromatic nitrogens is 2. The average Bonchev–Trinajstić information content (AvgIpc) is 2.91. The maximum atomic E-state index is 14.0. The first-order chi connectivity index (χ1) is 18.0. The molecule has 37 heavy (non-hydrogen) atoms. The van der Waals surface area contributed by atoms with Crippen molar-refractivity contribution in [3.05, 3.63) is 107 Å². The molecule has 0 radical (unpaired) electrons. The summed E-state index contributed by atoms with van der Waals surface area (Å²) in [6.07, 6.45) is 0.694. The molecular formula is C30H30FN5O. The highest BCUT2D eigenvalue weighted by atomic mass is 19.1. The molecule has 188 valence electrons. The molecule has 5 rings (SSSR count). The minimum Gasteiger partial charge on any atom is -0.353 e. The Bertz CT molecular complexity index is 1380. The number of hydrogen-bond acceptors (Lipinski definition) is 4. The summed E-state index contributed by atoms with van der Waals surface area (Å²) in [6.45, 7) is 6.43. The Morgan fingerprint density at radius 2 is 1.62 bits per heavy atom. The number of nitrogens with one attached hydrogen (secondary N) is 1. The number of nitrogens with zero attached hydrogens (tertiary/aromatic N) is 4. The van der Waals surface area contributed by atoms with Gasteiger partial charge >= 0.3 is 6.03 Å². The van der Waals surface area contributed by atoms with E-state index in [-0.39, 0.29) is 11.8 Å². The van der Waals surface area contributed by atoms with Gasteiger partial charge in [-0.2, -0.15) is 0 Å². The van der Waals surface area contributed by atoms with Gasteiger partial charge in [0.15, 0.2) is 5.82 Å². The Labute approximate surface area is 216 Å². The predicted molar refractivity (Wildman–Crippen MR) is 145 cm³/mol. The second-order valence-electron chi connectivity index (χ2n) is 9.38. The van der Waals surface area contributed by atoms with Crippen LogP contribution in [0.1, 0.15) is 22.4 Å². The molecule has 2 amide bonds. The predicted octanol–water partition coefficient (Wildman–Crippen LogP) is 5.84. The summed E-state index contributed by atoms with van der Waals surface area (Å²) in [7, 11) is 0. The number of piperazine rings is 1. The van der Waals surface area contributed by atoms with Crippen LogP contribution in [0.5, 0.6) is 0 Å². The third-order valence-electron chi connectivity index (χ3n) is 6.67. The van der Waals surface area contributed by atoms with Crippen LogP contribution in [0.25, 0.3) is 11.4 Å². The van der Waals surface area contributed by atoms with Gasteiger partial charge in [-0.3, -0.25) is 0 Å². The van der Waals surface area contributed by atoms with Gasteiger partial charge in [-0.25, -0.2) is 19.2 Å². The van der Waals surface area contributed by atoms with E-state index in [4.69, 9.17) is 9.97 Å². The fourth-order valence-electron chi connectivity index (χ4n) is 4.57. The van der Waals surface area contributed by atoms with Crippen LogP contribution in [-0.2, 0) is 6.42 Å². The smallest absolute Gasteiger partial charge is 0.321 e. The van der Waals surface area contributed by atoms with Crippen LogP contribution in [0.4, 0.5) is 20.7 Å². The number of carbonyl (C=O) groups is 1. The van der Waals surface area contributed by atoms with Crippen LogP contribution in [0, 0.1) is 19.7 Å². The van der Waals surface area contributed by atoms with Crippen LogP contribution < -0.4 is 10.2 Å². The zero-order chi connectivity index (χ0) is 25.8. The van der Waals surface area contributed by atoms with Gasteiger partial charge in [0, 0.05) is 55.1 Å². The van der Waals surface area contributed by atoms with Crippen molar-refractivity contribution in [3.63, 3.8) is 0 Å². The molecule has 1 fully saturated rings. The Kier molecular flexibility index (Phi) is 7.12. The molecule has 0 aliphatic carbocycles. The minimum absolute atomic E-state index is 0.104. The topological polar surface area (TPSA) is 61.4 Å². The van der Waals surface area contributed by atoms with Crippen LogP contribution in [0.15, 0.2) is 78.9 Å². The van der Waals surface area contributed by atoms with Gasteiger partial charge in [-0.15, -0.1) is 0 Å². The quantitative estimate of drug-likeness (QED) is 0.378. The molecular weight excluding hydrogens is 465 g/mol. The molecule has 1 aromatic heterocycles. The SMILES string of the molecule is Cc1ccc(NC(=O)N2CCN(c3nc(-c4cccc(F)c4)nc(C)c3Cc3ccccc3)CC2)cc1. The normalized spacial score (nSPS) is 13.5. The summed E-state index contributed by atoms with van der Waals surface area (Å²) in [6, 6.07) is 24.3. The molecule has 1 aliphatic rings. The first kappa shape index (κ1) is 24.4. The van der Waals surface area contributed by atoms with E-state index in [0.717, 1.165) is 28.3 Å². The van der Waals surface area contributed by atoms with E-state index >= 15 is 0 Å².